The second-order valence-corrected chi connectivity index (χ2v) is 4.39. The molecule has 0 fully saturated rings. The molecule has 1 N–H and O–H groups in total. The molecule has 3 heteroatoms. The van der Waals surface area contributed by atoms with Crippen LogP contribution < -0.4 is 5.32 Å². The highest BCUT2D eigenvalue weighted by molar-refractivity contribution is 9.10. The number of benzene rings is 1. The minimum Gasteiger partial charge on any atom is -0.370 e. The predicted molar refractivity (Wildman–Crippen MR) is 68.3 cm³/mol. The summed E-state index contributed by atoms with van der Waals surface area (Å²) in [5, 5.41) is 5.65. The zero-order valence-corrected chi connectivity index (χ0v) is 10.4. The summed E-state index contributed by atoms with van der Waals surface area (Å²) >= 11 is 3.58. The Hall–Kier alpha value is -1.09. The smallest absolute Gasteiger partial charge is 0.133 e. The number of halogens is 1. The molecule has 1 aromatic heterocycles. The average molecular weight is 265 g/mol. The van der Waals surface area contributed by atoms with Gasteiger partial charge in [0.2, 0.25) is 0 Å². The van der Waals surface area contributed by atoms with Crippen molar-refractivity contribution in [1.82, 2.24) is 4.98 Å². The van der Waals surface area contributed by atoms with E-state index in [4.69, 9.17) is 0 Å². The summed E-state index contributed by atoms with van der Waals surface area (Å²) < 4.78 is 1.12. The molecule has 15 heavy (non-hydrogen) atoms. The lowest BCUT2D eigenvalue weighted by molar-refractivity contribution is 1.17. The fraction of sp³-hybridized carbons (Fsp3) is 0.250. The van der Waals surface area contributed by atoms with E-state index in [9.17, 15) is 0 Å². The molecular formula is C12H13BrN2. The molecule has 2 nitrogen and oxygen atoms in total. The van der Waals surface area contributed by atoms with Gasteiger partial charge in [-0.25, -0.2) is 4.98 Å². The van der Waals surface area contributed by atoms with E-state index >= 15 is 0 Å². The molecule has 0 aliphatic rings. The number of pyridine rings is 1. The van der Waals surface area contributed by atoms with Crippen LogP contribution in [0, 0.1) is 6.92 Å². The Labute approximate surface area is 97.8 Å². The highest BCUT2D eigenvalue weighted by Crippen LogP contribution is 2.29. The van der Waals surface area contributed by atoms with Crippen LogP contribution in [0.15, 0.2) is 28.9 Å². The van der Waals surface area contributed by atoms with E-state index in [1.54, 1.807) is 0 Å². The van der Waals surface area contributed by atoms with E-state index in [0.29, 0.717) is 0 Å². The van der Waals surface area contributed by atoms with Crippen LogP contribution in [0.1, 0.15) is 12.5 Å². The molecule has 0 atom stereocenters. The van der Waals surface area contributed by atoms with Gasteiger partial charge in [-0.3, -0.25) is 0 Å². The minimum absolute atomic E-state index is 0.887. The van der Waals surface area contributed by atoms with Gasteiger partial charge in [0.25, 0.3) is 0 Å². The summed E-state index contributed by atoms with van der Waals surface area (Å²) in [6.07, 6.45) is 1.83. The van der Waals surface area contributed by atoms with Crippen LogP contribution >= 0.6 is 15.9 Å². The maximum Gasteiger partial charge on any atom is 0.133 e. The zero-order valence-electron chi connectivity index (χ0n) is 8.84. The Balaban J connectivity index is 2.73. The first kappa shape index (κ1) is 10.4. The Kier molecular flexibility index (Phi) is 2.91. The third kappa shape index (κ3) is 1.97. The largest absolute Gasteiger partial charge is 0.370 e. The Morgan fingerprint density at radius 3 is 2.87 bits per heavy atom. The lowest BCUT2D eigenvalue weighted by Crippen LogP contribution is -1.99. The number of hydrogen-bond acceptors (Lipinski definition) is 2. The maximum atomic E-state index is 4.35. The number of fused-ring (bicyclic) bond motifs is 1. The number of nitrogens with one attached hydrogen (secondary N) is 1. The fourth-order valence-corrected chi connectivity index (χ4v) is 2.39. The highest BCUT2D eigenvalue weighted by Gasteiger charge is 2.04. The molecule has 0 aliphatic carbocycles. The van der Waals surface area contributed by atoms with Crippen LogP contribution in [0.5, 0.6) is 0 Å². The van der Waals surface area contributed by atoms with Crippen molar-refractivity contribution in [2.24, 2.45) is 0 Å². The van der Waals surface area contributed by atoms with Gasteiger partial charge in [0.1, 0.15) is 5.82 Å². The molecule has 78 valence electrons. The maximum absolute atomic E-state index is 4.35. The predicted octanol–water partition coefficient (Wildman–Crippen LogP) is 3.74. The molecule has 0 saturated carbocycles. The van der Waals surface area contributed by atoms with Crippen LogP contribution in [-0.4, -0.2) is 11.5 Å². The number of anilines is 1. The van der Waals surface area contributed by atoms with Gasteiger partial charge in [0.05, 0.1) is 0 Å². The van der Waals surface area contributed by atoms with E-state index < -0.39 is 0 Å². The van der Waals surface area contributed by atoms with Gasteiger partial charge >= 0.3 is 0 Å². The zero-order chi connectivity index (χ0) is 10.8. The van der Waals surface area contributed by atoms with E-state index in [-0.39, 0.29) is 0 Å². The van der Waals surface area contributed by atoms with Crippen molar-refractivity contribution in [3.8, 4) is 0 Å². The van der Waals surface area contributed by atoms with Crippen molar-refractivity contribution < 1.29 is 0 Å². The van der Waals surface area contributed by atoms with E-state index in [0.717, 1.165) is 16.8 Å². The SMILES string of the molecule is CCNc1nccc2c(Br)cc(C)cc12. The molecule has 0 unspecified atom stereocenters. The standard InChI is InChI=1S/C12H13BrN2/c1-3-14-12-10-6-8(2)7-11(13)9(10)4-5-15-12/h4-7H,3H2,1-2H3,(H,14,15). The molecule has 2 rings (SSSR count). The first-order chi connectivity index (χ1) is 7.22. The molecule has 0 spiro atoms. The van der Waals surface area contributed by atoms with Crippen LogP contribution in [0.4, 0.5) is 5.82 Å². The molecule has 0 aliphatic heterocycles. The van der Waals surface area contributed by atoms with Crippen molar-refractivity contribution in [2.75, 3.05) is 11.9 Å². The first-order valence-electron chi connectivity index (χ1n) is 5.01. The Morgan fingerprint density at radius 2 is 2.13 bits per heavy atom. The van der Waals surface area contributed by atoms with Gasteiger partial charge in [0.15, 0.2) is 0 Å². The summed E-state index contributed by atoms with van der Waals surface area (Å²) in [5.74, 6) is 0.958. The van der Waals surface area contributed by atoms with E-state index in [1.807, 2.05) is 12.3 Å². The number of rotatable bonds is 2. The lowest BCUT2D eigenvalue weighted by atomic mass is 10.1. The highest BCUT2D eigenvalue weighted by atomic mass is 79.9. The van der Waals surface area contributed by atoms with E-state index in [2.05, 4.69) is 52.2 Å². The van der Waals surface area contributed by atoms with Gasteiger partial charge in [-0.2, -0.15) is 0 Å². The van der Waals surface area contributed by atoms with Gasteiger partial charge in [-0.1, -0.05) is 15.9 Å². The topological polar surface area (TPSA) is 24.9 Å². The van der Waals surface area contributed by atoms with Gasteiger partial charge in [-0.05, 0) is 37.6 Å². The van der Waals surface area contributed by atoms with E-state index in [1.165, 1.54) is 16.3 Å². The molecule has 0 amide bonds. The summed E-state index contributed by atoms with van der Waals surface area (Å²) in [7, 11) is 0. The Bertz CT molecular complexity index is 494. The minimum atomic E-state index is 0.887. The molecule has 1 heterocycles. The number of hydrogen-bond donors (Lipinski definition) is 1. The lowest BCUT2D eigenvalue weighted by Gasteiger charge is -2.08. The molecular weight excluding hydrogens is 252 g/mol. The Morgan fingerprint density at radius 1 is 1.33 bits per heavy atom. The monoisotopic (exact) mass is 264 g/mol. The third-order valence-electron chi connectivity index (χ3n) is 2.32. The molecule has 2 aromatic rings. The average Bonchev–Trinajstić information content (AvgIpc) is 2.19. The van der Waals surface area contributed by atoms with Crippen molar-refractivity contribution in [3.05, 3.63) is 34.4 Å². The summed E-state index contributed by atoms with van der Waals surface area (Å²) in [5.41, 5.74) is 1.24. The van der Waals surface area contributed by atoms with Crippen molar-refractivity contribution >= 4 is 32.5 Å². The quantitative estimate of drug-likeness (QED) is 0.894. The molecule has 0 saturated heterocycles. The van der Waals surface area contributed by atoms with Gasteiger partial charge in [0, 0.05) is 28.0 Å². The fourth-order valence-electron chi connectivity index (χ4n) is 1.68. The van der Waals surface area contributed by atoms with Crippen LogP contribution in [-0.2, 0) is 0 Å². The summed E-state index contributed by atoms with van der Waals surface area (Å²) in [6, 6.07) is 6.31. The van der Waals surface area contributed by atoms with Crippen LogP contribution in [0.2, 0.25) is 0 Å². The molecule has 0 radical (unpaired) electrons. The van der Waals surface area contributed by atoms with Crippen LogP contribution in [0.25, 0.3) is 10.8 Å². The second-order valence-electron chi connectivity index (χ2n) is 3.53. The first-order valence-corrected chi connectivity index (χ1v) is 5.80. The summed E-state index contributed by atoms with van der Waals surface area (Å²) in [6.45, 7) is 5.05. The number of nitrogens with zero attached hydrogens (tertiary/aromatic N) is 1. The van der Waals surface area contributed by atoms with Crippen molar-refractivity contribution in [1.29, 1.82) is 0 Å². The molecule has 0 bridgehead atoms. The second kappa shape index (κ2) is 4.19. The van der Waals surface area contributed by atoms with Crippen molar-refractivity contribution in [3.63, 3.8) is 0 Å². The van der Waals surface area contributed by atoms with Gasteiger partial charge < -0.3 is 5.32 Å². The molecule has 1 aromatic carbocycles. The number of aryl methyl sites for hydroxylation is 1. The summed E-state index contributed by atoms with van der Waals surface area (Å²) in [4.78, 5) is 4.35. The normalized spacial score (nSPS) is 10.6. The van der Waals surface area contributed by atoms with Crippen molar-refractivity contribution in [2.45, 2.75) is 13.8 Å². The van der Waals surface area contributed by atoms with Crippen LogP contribution in [0.3, 0.4) is 0 Å². The third-order valence-corrected chi connectivity index (χ3v) is 2.97. The number of aromatic nitrogens is 1. The van der Waals surface area contributed by atoms with Gasteiger partial charge in [-0.15, -0.1) is 0 Å².